The van der Waals surface area contributed by atoms with Gasteiger partial charge in [-0.05, 0) is 18.2 Å². The molecular formula is C13H12F4N2O3. The first-order valence-electron chi connectivity index (χ1n) is 6.33. The van der Waals surface area contributed by atoms with E-state index in [0.29, 0.717) is 4.90 Å². The summed E-state index contributed by atoms with van der Waals surface area (Å²) in [5, 5.41) is 2.06. The molecule has 1 unspecified atom stereocenters. The SMILES string of the molecule is O=C(CC(Nc1cccc(F)c1)C(F)(F)F)N1CCOC1=O. The number of ether oxygens (including phenoxy) is 1. The average Bonchev–Trinajstić information content (AvgIpc) is 2.83. The molecule has 1 fully saturated rings. The Hall–Kier alpha value is -2.32. The highest BCUT2D eigenvalue weighted by atomic mass is 19.4. The van der Waals surface area contributed by atoms with Gasteiger partial charge in [-0.1, -0.05) is 6.07 Å². The van der Waals surface area contributed by atoms with E-state index >= 15 is 0 Å². The largest absolute Gasteiger partial charge is 0.447 e. The molecule has 0 saturated carbocycles. The van der Waals surface area contributed by atoms with Crippen molar-refractivity contribution in [2.45, 2.75) is 18.6 Å². The van der Waals surface area contributed by atoms with Crippen molar-refractivity contribution in [3.63, 3.8) is 0 Å². The van der Waals surface area contributed by atoms with Gasteiger partial charge in [-0.25, -0.2) is 14.1 Å². The van der Waals surface area contributed by atoms with Gasteiger partial charge in [-0.2, -0.15) is 13.2 Å². The quantitative estimate of drug-likeness (QED) is 0.866. The van der Waals surface area contributed by atoms with Crippen LogP contribution in [0.1, 0.15) is 6.42 Å². The number of benzene rings is 1. The normalized spacial score (nSPS) is 16.4. The van der Waals surface area contributed by atoms with Gasteiger partial charge in [0.05, 0.1) is 13.0 Å². The molecule has 0 spiro atoms. The number of anilines is 1. The van der Waals surface area contributed by atoms with E-state index < -0.39 is 36.5 Å². The van der Waals surface area contributed by atoms with Gasteiger partial charge in [0.2, 0.25) is 5.91 Å². The third-order valence-corrected chi connectivity index (χ3v) is 3.00. The van der Waals surface area contributed by atoms with Crippen LogP contribution >= 0.6 is 0 Å². The van der Waals surface area contributed by atoms with Crippen LogP contribution in [0, 0.1) is 5.82 Å². The van der Waals surface area contributed by atoms with Crippen molar-refractivity contribution in [2.75, 3.05) is 18.5 Å². The maximum absolute atomic E-state index is 13.0. The molecule has 2 rings (SSSR count). The highest BCUT2D eigenvalue weighted by Gasteiger charge is 2.43. The predicted molar refractivity (Wildman–Crippen MR) is 67.5 cm³/mol. The number of imide groups is 1. The lowest BCUT2D eigenvalue weighted by atomic mass is 10.1. The molecule has 1 aromatic carbocycles. The van der Waals surface area contributed by atoms with Crippen molar-refractivity contribution in [1.82, 2.24) is 4.90 Å². The monoisotopic (exact) mass is 320 g/mol. The molecule has 22 heavy (non-hydrogen) atoms. The minimum atomic E-state index is -4.74. The number of rotatable bonds is 4. The number of alkyl halides is 3. The minimum absolute atomic E-state index is 0.0431. The molecule has 1 heterocycles. The molecule has 1 saturated heterocycles. The molecular weight excluding hydrogens is 308 g/mol. The second kappa shape index (κ2) is 6.20. The minimum Gasteiger partial charge on any atom is -0.447 e. The van der Waals surface area contributed by atoms with Crippen molar-refractivity contribution >= 4 is 17.7 Å². The molecule has 9 heteroatoms. The second-order valence-corrected chi connectivity index (χ2v) is 4.61. The summed E-state index contributed by atoms with van der Waals surface area (Å²) in [5.74, 6) is -1.71. The van der Waals surface area contributed by atoms with Crippen LogP contribution in [0.25, 0.3) is 0 Å². The number of hydrogen-bond acceptors (Lipinski definition) is 4. The van der Waals surface area contributed by atoms with Gasteiger partial charge >= 0.3 is 12.3 Å². The van der Waals surface area contributed by atoms with Crippen molar-refractivity contribution in [2.24, 2.45) is 0 Å². The number of carbonyl (C=O) groups is 2. The lowest BCUT2D eigenvalue weighted by Gasteiger charge is -2.23. The molecule has 1 atom stereocenters. The highest BCUT2D eigenvalue weighted by Crippen LogP contribution is 2.27. The zero-order valence-electron chi connectivity index (χ0n) is 11.2. The van der Waals surface area contributed by atoms with E-state index in [9.17, 15) is 27.2 Å². The summed E-state index contributed by atoms with van der Waals surface area (Å²) in [6.07, 6.45) is -6.70. The van der Waals surface area contributed by atoms with Crippen molar-refractivity contribution in [3.8, 4) is 0 Å². The number of nitrogens with zero attached hydrogens (tertiary/aromatic N) is 1. The zero-order chi connectivity index (χ0) is 16.3. The summed E-state index contributed by atoms with van der Waals surface area (Å²) in [4.78, 5) is 23.6. The van der Waals surface area contributed by atoms with Crippen molar-refractivity contribution in [1.29, 1.82) is 0 Å². The first kappa shape index (κ1) is 16.1. The lowest BCUT2D eigenvalue weighted by Crippen LogP contribution is -2.42. The zero-order valence-corrected chi connectivity index (χ0v) is 11.2. The van der Waals surface area contributed by atoms with Crippen molar-refractivity contribution < 1.29 is 31.9 Å². The standard InChI is InChI=1S/C13H12F4N2O3/c14-8-2-1-3-9(6-8)18-10(13(15,16)17)7-11(20)19-4-5-22-12(19)21/h1-3,6,10,18H,4-5,7H2. The van der Waals surface area contributed by atoms with Gasteiger partial charge in [-0.3, -0.25) is 4.79 Å². The number of nitrogens with one attached hydrogen (secondary N) is 1. The number of halogens is 4. The Bertz CT molecular complexity index is 577. The molecule has 1 aliphatic rings. The Morgan fingerprint density at radius 3 is 2.68 bits per heavy atom. The Labute approximate surface area is 122 Å². The van der Waals surface area contributed by atoms with Gasteiger partial charge in [0.15, 0.2) is 0 Å². The molecule has 0 aromatic heterocycles. The summed E-state index contributed by atoms with van der Waals surface area (Å²) in [6.45, 7) is -0.124. The molecule has 2 amide bonds. The van der Waals surface area contributed by atoms with Gasteiger partial charge in [0, 0.05) is 5.69 Å². The van der Waals surface area contributed by atoms with Crippen molar-refractivity contribution in [3.05, 3.63) is 30.1 Å². The van der Waals surface area contributed by atoms with Gasteiger partial charge in [0.1, 0.15) is 18.5 Å². The summed E-state index contributed by atoms with van der Waals surface area (Å²) in [5.41, 5.74) is -0.112. The van der Waals surface area contributed by atoms with E-state index in [1.54, 1.807) is 0 Å². The van der Waals surface area contributed by atoms with E-state index in [1.165, 1.54) is 12.1 Å². The highest BCUT2D eigenvalue weighted by molar-refractivity contribution is 5.93. The van der Waals surface area contributed by atoms with Crippen LogP contribution in [-0.4, -0.2) is 42.3 Å². The van der Waals surface area contributed by atoms with E-state index in [1.807, 2.05) is 0 Å². The molecule has 0 bridgehead atoms. The van der Waals surface area contributed by atoms with E-state index in [0.717, 1.165) is 12.1 Å². The van der Waals surface area contributed by atoms with Gasteiger partial charge in [-0.15, -0.1) is 0 Å². The van der Waals surface area contributed by atoms with E-state index in [-0.39, 0.29) is 18.8 Å². The van der Waals surface area contributed by atoms with Crippen LogP contribution in [0.3, 0.4) is 0 Å². The number of cyclic esters (lactones) is 1. The number of carbonyl (C=O) groups excluding carboxylic acids is 2. The van der Waals surface area contributed by atoms with Crippen LogP contribution in [0.4, 0.5) is 28.0 Å². The molecule has 1 aromatic rings. The maximum Gasteiger partial charge on any atom is 0.416 e. The fourth-order valence-corrected chi connectivity index (χ4v) is 1.93. The van der Waals surface area contributed by atoms with E-state index in [4.69, 9.17) is 0 Å². The molecule has 120 valence electrons. The fraction of sp³-hybridized carbons (Fsp3) is 0.385. The number of amides is 2. The van der Waals surface area contributed by atoms with Crippen LogP contribution < -0.4 is 5.32 Å². The third-order valence-electron chi connectivity index (χ3n) is 3.00. The summed E-state index contributed by atoms with van der Waals surface area (Å²) >= 11 is 0. The Morgan fingerprint density at radius 1 is 1.41 bits per heavy atom. The smallest absolute Gasteiger partial charge is 0.416 e. The first-order valence-corrected chi connectivity index (χ1v) is 6.33. The van der Waals surface area contributed by atoms with Crippen LogP contribution in [0.15, 0.2) is 24.3 Å². The molecule has 1 aliphatic heterocycles. The second-order valence-electron chi connectivity index (χ2n) is 4.61. The van der Waals surface area contributed by atoms with Crippen LogP contribution in [0.2, 0.25) is 0 Å². The fourth-order valence-electron chi connectivity index (χ4n) is 1.93. The topological polar surface area (TPSA) is 58.6 Å². The third kappa shape index (κ3) is 3.86. The lowest BCUT2D eigenvalue weighted by molar-refractivity contribution is -0.153. The number of hydrogen-bond donors (Lipinski definition) is 1. The average molecular weight is 320 g/mol. The Balaban J connectivity index is 2.10. The molecule has 5 nitrogen and oxygen atoms in total. The maximum atomic E-state index is 13.0. The molecule has 0 aliphatic carbocycles. The Morgan fingerprint density at radius 2 is 2.14 bits per heavy atom. The molecule has 0 radical (unpaired) electrons. The first-order chi connectivity index (χ1) is 10.3. The summed E-state index contributed by atoms with van der Waals surface area (Å²) in [6, 6.07) is 2.21. The van der Waals surface area contributed by atoms with Gasteiger partial charge in [0.25, 0.3) is 0 Å². The predicted octanol–water partition coefficient (Wildman–Crippen LogP) is 2.54. The Kier molecular flexibility index (Phi) is 4.53. The van der Waals surface area contributed by atoms with Crippen LogP contribution in [0.5, 0.6) is 0 Å². The van der Waals surface area contributed by atoms with E-state index in [2.05, 4.69) is 10.1 Å². The van der Waals surface area contributed by atoms with Crippen LogP contribution in [-0.2, 0) is 9.53 Å². The molecule has 1 N–H and O–H groups in total. The van der Waals surface area contributed by atoms with Gasteiger partial charge < -0.3 is 10.1 Å². The summed E-state index contributed by atoms with van der Waals surface area (Å²) < 4.78 is 56.5. The summed E-state index contributed by atoms with van der Waals surface area (Å²) in [7, 11) is 0.